The van der Waals surface area contributed by atoms with Gasteiger partial charge in [-0.05, 0) is 73.8 Å². The number of fused-ring (bicyclic) bond motifs is 1. The highest BCUT2D eigenvalue weighted by molar-refractivity contribution is 7.80. The molecule has 2 unspecified atom stereocenters. The summed E-state index contributed by atoms with van der Waals surface area (Å²) < 4.78 is 25.6. The minimum atomic E-state index is -1.42. The van der Waals surface area contributed by atoms with Crippen molar-refractivity contribution in [3.63, 3.8) is 0 Å². The maximum atomic E-state index is 13.8. The monoisotopic (exact) mass is 591 g/mol. The lowest BCUT2D eigenvalue weighted by molar-refractivity contribution is -0.0811. The normalized spacial score (nSPS) is 22.0. The number of ether oxygens (including phenoxy) is 2. The van der Waals surface area contributed by atoms with Crippen LogP contribution in [0.2, 0.25) is 0 Å². The molecule has 0 bridgehead atoms. The van der Waals surface area contributed by atoms with Crippen LogP contribution < -0.4 is 5.32 Å². The number of carbonyl (C=O) groups excluding carboxylic acids is 1. The van der Waals surface area contributed by atoms with E-state index in [-0.39, 0.29) is 38.1 Å². The quantitative estimate of drug-likeness (QED) is 0.381. The second-order valence-electron chi connectivity index (χ2n) is 12.0. The van der Waals surface area contributed by atoms with E-state index in [0.29, 0.717) is 11.7 Å². The minimum Gasteiger partial charge on any atom is -0.444 e. The Balaban J connectivity index is 1.34. The fourth-order valence-electron chi connectivity index (χ4n) is 5.60. The first kappa shape index (κ1) is 29.9. The second-order valence-corrected chi connectivity index (χ2v) is 12.4. The molecule has 3 atom stereocenters. The van der Waals surface area contributed by atoms with E-state index in [0.717, 1.165) is 23.1 Å². The van der Waals surface area contributed by atoms with E-state index in [1.54, 1.807) is 12.1 Å². The molecule has 42 heavy (non-hydrogen) atoms. The van der Waals surface area contributed by atoms with Crippen molar-refractivity contribution in [1.82, 2.24) is 15.1 Å². The van der Waals surface area contributed by atoms with Crippen LogP contribution in [0.4, 0.5) is 9.18 Å². The summed E-state index contributed by atoms with van der Waals surface area (Å²) in [7, 11) is 0. The smallest absolute Gasteiger partial charge is 0.410 e. The zero-order valence-corrected chi connectivity index (χ0v) is 25.1. The highest BCUT2D eigenvalue weighted by Crippen LogP contribution is 2.35. The molecule has 2 aliphatic rings. The average molecular weight is 592 g/mol. The second kappa shape index (κ2) is 12.4. The van der Waals surface area contributed by atoms with E-state index in [2.05, 4.69) is 22.3 Å². The highest BCUT2D eigenvalue weighted by atomic mass is 32.1. The largest absolute Gasteiger partial charge is 0.444 e. The number of nitrogens with one attached hydrogen (secondary N) is 1. The number of halogens is 1. The first-order valence-electron chi connectivity index (χ1n) is 14.3. The molecule has 2 aliphatic heterocycles. The molecular weight excluding hydrogens is 553 g/mol. The maximum Gasteiger partial charge on any atom is 0.410 e. The Morgan fingerprint density at radius 3 is 2.48 bits per heavy atom. The molecular formula is C33H38FN3O4S. The lowest BCUT2D eigenvalue weighted by atomic mass is 9.88. The van der Waals surface area contributed by atoms with E-state index < -0.39 is 23.4 Å². The number of β-amino-alcohol motifs (C(OH)–C–C–N with tert-alkyl or cyclic N) is 1. The highest BCUT2D eigenvalue weighted by Gasteiger charge is 2.49. The van der Waals surface area contributed by atoms with Gasteiger partial charge in [-0.2, -0.15) is 0 Å². The molecule has 0 radical (unpaired) electrons. The number of thiocarbonyl (C=S) groups is 1. The fraction of sp³-hybridized carbons (Fsp3) is 0.394. The molecule has 1 fully saturated rings. The lowest BCUT2D eigenvalue weighted by Gasteiger charge is -2.40. The van der Waals surface area contributed by atoms with Crippen LogP contribution in [0.25, 0.3) is 0 Å². The Labute approximate surface area is 252 Å². The summed E-state index contributed by atoms with van der Waals surface area (Å²) >= 11 is 5.91. The molecule has 1 saturated heterocycles. The van der Waals surface area contributed by atoms with E-state index >= 15 is 0 Å². The van der Waals surface area contributed by atoms with Crippen LogP contribution in [0.3, 0.4) is 0 Å². The van der Waals surface area contributed by atoms with Crippen molar-refractivity contribution in [2.45, 2.75) is 57.1 Å². The predicted molar refractivity (Wildman–Crippen MR) is 163 cm³/mol. The van der Waals surface area contributed by atoms with Gasteiger partial charge in [-0.3, -0.25) is 0 Å². The summed E-state index contributed by atoms with van der Waals surface area (Å²) in [6.45, 7) is 6.65. The topological polar surface area (TPSA) is 74.3 Å². The van der Waals surface area contributed by atoms with Gasteiger partial charge in [0.25, 0.3) is 0 Å². The molecule has 1 amide bonds. The van der Waals surface area contributed by atoms with Gasteiger partial charge in [0.2, 0.25) is 0 Å². The van der Waals surface area contributed by atoms with Gasteiger partial charge < -0.3 is 29.7 Å². The molecule has 2 heterocycles. The number of hydrogen-bond donors (Lipinski definition) is 2. The molecule has 0 aliphatic carbocycles. The van der Waals surface area contributed by atoms with Crippen molar-refractivity contribution in [2.24, 2.45) is 0 Å². The number of hydrogen-bond acceptors (Lipinski definition) is 5. The molecule has 0 saturated carbocycles. The standard InChI is InChI=1S/C33H38FN3O4S/c1-32(2,3)41-31(38)36-19-28(40-20-23-9-5-4-6-10-23)33(39,22-36)21-35-30(42)37-18-17-24-11-7-8-12-27(24)29(37)25-13-15-26(34)16-14-25/h4-16,28-29,39H,17-22H2,1-3H3,(H,35,42)/t28?,29-,33?/m0/s1. The van der Waals surface area contributed by atoms with Gasteiger partial charge in [-0.1, -0.05) is 66.7 Å². The van der Waals surface area contributed by atoms with Gasteiger partial charge in [0.05, 0.1) is 32.3 Å². The Kier molecular flexibility index (Phi) is 8.82. The zero-order chi connectivity index (χ0) is 29.9. The number of aliphatic hydroxyl groups is 1. The minimum absolute atomic E-state index is 0.0290. The van der Waals surface area contributed by atoms with Crippen LogP contribution in [0.1, 0.15) is 49.1 Å². The van der Waals surface area contributed by atoms with Gasteiger partial charge in [0.1, 0.15) is 23.1 Å². The van der Waals surface area contributed by atoms with E-state index in [4.69, 9.17) is 21.7 Å². The van der Waals surface area contributed by atoms with Crippen LogP contribution in [0.5, 0.6) is 0 Å². The predicted octanol–water partition coefficient (Wildman–Crippen LogP) is 5.21. The van der Waals surface area contributed by atoms with Crippen LogP contribution in [-0.2, 0) is 22.5 Å². The van der Waals surface area contributed by atoms with Crippen molar-refractivity contribution < 1.29 is 23.8 Å². The molecule has 7 nitrogen and oxygen atoms in total. The Hall–Kier alpha value is -3.53. The molecule has 3 aromatic carbocycles. The van der Waals surface area contributed by atoms with Crippen LogP contribution >= 0.6 is 12.2 Å². The van der Waals surface area contributed by atoms with Crippen molar-refractivity contribution >= 4 is 23.4 Å². The number of nitrogens with zero attached hydrogens (tertiary/aromatic N) is 2. The number of amides is 1. The van der Waals surface area contributed by atoms with Crippen molar-refractivity contribution in [3.05, 3.63) is 107 Å². The zero-order valence-electron chi connectivity index (χ0n) is 24.3. The lowest BCUT2D eigenvalue weighted by Crippen LogP contribution is -2.55. The van der Waals surface area contributed by atoms with Crippen molar-refractivity contribution in [3.8, 4) is 0 Å². The maximum absolute atomic E-state index is 13.8. The van der Waals surface area contributed by atoms with E-state index in [9.17, 15) is 14.3 Å². The third kappa shape index (κ3) is 6.91. The van der Waals surface area contributed by atoms with Crippen molar-refractivity contribution in [1.29, 1.82) is 0 Å². The number of likely N-dealkylation sites (tertiary alicyclic amines) is 1. The van der Waals surface area contributed by atoms with Gasteiger partial charge in [0.15, 0.2) is 5.11 Å². The average Bonchev–Trinajstić information content (AvgIpc) is 3.31. The van der Waals surface area contributed by atoms with Crippen molar-refractivity contribution in [2.75, 3.05) is 26.2 Å². The van der Waals surface area contributed by atoms with E-state index in [1.165, 1.54) is 22.6 Å². The molecule has 0 spiro atoms. The summed E-state index contributed by atoms with van der Waals surface area (Å²) in [5.41, 5.74) is 2.13. The van der Waals surface area contributed by atoms with Crippen LogP contribution in [-0.4, -0.2) is 69.6 Å². The van der Waals surface area contributed by atoms with Gasteiger partial charge >= 0.3 is 6.09 Å². The third-order valence-corrected chi connectivity index (χ3v) is 8.05. The number of carbonyl (C=O) groups is 1. The summed E-state index contributed by atoms with van der Waals surface area (Å²) in [4.78, 5) is 16.5. The number of benzene rings is 3. The Bertz CT molecular complexity index is 1400. The fourth-order valence-corrected chi connectivity index (χ4v) is 5.87. The number of rotatable bonds is 6. The molecule has 3 aromatic rings. The summed E-state index contributed by atoms with van der Waals surface area (Å²) in [6, 6.07) is 24.2. The van der Waals surface area contributed by atoms with Crippen LogP contribution in [0, 0.1) is 5.82 Å². The first-order valence-corrected chi connectivity index (χ1v) is 14.7. The van der Waals surface area contributed by atoms with E-state index in [1.807, 2.05) is 63.2 Å². The third-order valence-electron chi connectivity index (χ3n) is 7.67. The summed E-state index contributed by atoms with van der Waals surface area (Å²) in [6.07, 6.45) is -0.372. The summed E-state index contributed by atoms with van der Waals surface area (Å²) in [5, 5.41) is 15.7. The van der Waals surface area contributed by atoms with Gasteiger partial charge in [-0.15, -0.1) is 0 Å². The molecule has 0 aromatic heterocycles. The first-order chi connectivity index (χ1) is 20.0. The van der Waals surface area contributed by atoms with Gasteiger partial charge in [0, 0.05) is 6.54 Å². The Morgan fingerprint density at radius 2 is 1.76 bits per heavy atom. The SMILES string of the molecule is CC(C)(C)OC(=O)N1CC(OCc2ccccc2)C(O)(CNC(=S)N2CCc3ccccc3[C@@H]2c2ccc(F)cc2)C1. The molecule has 5 rings (SSSR count). The molecule has 2 N–H and O–H groups in total. The van der Waals surface area contributed by atoms with Gasteiger partial charge in [-0.25, -0.2) is 9.18 Å². The summed E-state index contributed by atoms with van der Waals surface area (Å²) in [5.74, 6) is -0.297. The molecule has 222 valence electrons. The van der Waals surface area contributed by atoms with Crippen LogP contribution in [0.15, 0.2) is 78.9 Å². The molecule has 9 heteroatoms. The Morgan fingerprint density at radius 1 is 1.07 bits per heavy atom.